The van der Waals surface area contributed by atoms with Gasteiger partial charge in [0.05, 0.1) is 38.8 Å². The molecule has 288 valence electrons. The van der Waals surface area contributed by atoms with Crippen LogP contribution in [-0.4, -0.2) is 89.7 Å². The molecule has 1 aliphatic heterocycles. The minimum Gasteiger partial charge on any atom is -0.508 e. The van der Waals surface area contributed by atoms with Gasteiger partial charge in [-0.1, -0.05) is 40.8 Å². The fourth-order valence-electron chi connectivity index (χ4n) is 6.37. The second-order valence-corrected chi connectivity index (χ2v) is 12.9. The Kier molecular flexibility index (Phi) is 10.4. The molecule has 0 spiro atoms. The van der Waals surface area contributed by atoms with E-state index < -0.39 is 48.6 Å². The van der Waals surface area contributed by atoms with Gasteiger partial charge in [-0.05, 0) is 42.0 Å². The van der Waals surface area contributed by atoms with Crippen LogP contribution in [-0.2, 0) is 43.5 Å². The average molecular weight is 767 g/mol. The Balaban J connectivity index is 1.05. The highest BCUT2D eigenvalue weighted by Crippen LogP contribution is 2.31. The van der Waals surface area contributed by atoms with E-state index in [0.29, 0.717) is 22.2 Å². The highest BCUT2D eigenvalue weighted by Gasteiger charge is 2.48. The molecule has 0 saturated carbocycles. The molecule has 0 radical (unpaired) electrons. The van der Waals surface area contributed by atoms with Crippen LogP contribution in [0.4, 0.5) is 0 Å². The van der Waals surface area contributed by atoms with Gasteiger partial charge >= 0.3 is 11.3 Å². The lowest BCUT2D eigenvalue weighted by molar-refractivity contribution is -0.321. The van der Waals surface area contributed by atoms with E-state index in [0.717, 1.165) is 5.56 Å². The molecule has 8 rings (SSSR count). The van der Waals surface area contributed by atoms with E-state index in [9.17, 15) is 24.9 Å². The largest absolute Gasteiger partial charge is 0.508 e. The van der Waals surface area contributed by atoms with E-state index in [2.05, 4.69) is 20.6 Å². The summed E-state index contributed by atoms with van der Waals surface area (Å²) in [5.41, 5.74) is 0.760. The number of fused-ring (bicyclic) bond motifs is 2. The molecule has 3 N–H and O–H groups in total. The monoisotopic (exact) mass is 766 g/mol. The summed E-state index contributed by atoms with van der Waals surface area (Å²) in [7, 11) is 1.43. The summed E-state index contributed by atoms with van der Waals surface area (Å²) in [5, 5.41) is 47.7. The maximum atomic E-state index is 12.8. The first-order valence-corrected chi connectivity index (χ1v) is 17.3. The third kappa shape index (κ3) is 7.65. The van der Waals surface area contributed by atoms with Crippen LogP contribution in [0.25, 0.3) is 33.3 Å². The van der Waals surface area contributed by atoms with E-state index in [1.165, 1.54) is 53.1 Å². The number of phenols is 2. The Hall–Kier alpha value is -6.28. The number of phenolic OH excluding ortho intramolecular Hbond substituents is 2. The zero-order valence-electron chi connectivity index (χ0n) is 29.6. The molecular weight excluding hydrogens is 732 g/mol. The molecule has 56 heavy (non-hydrogen) atoms. The summed E-state index contributed by atoms with van der Waals surface area (Å²) < 4.78 is 44.3. The number of rotatable bonds is 13. The molecule has 0 aliphatic carbocycles. The predicted octanol–water partition coefficient (Wildman–Crippen LogP) is 2.89. The summed E-state index contributed by atoms with van der Waals surface area (Å²) >= 11 is 0. The van der Waals surface area contributed by atoms with Crippen LogP contribution in [0.2, 0.25) is 0 Å². The van der Waals surface area contributed by atoms with Gasteiger partial charge < -0.3 is 47.8 Å². The Morgan fingerprint density at radius 1 is 0.679 bits per heavy atom. The number of ether oxygens (including phenoxy) is 5. The zero-order chi connectivity index (χ0) is 38.8. The van der Waals surface area contributed by atoms with Crippen molar-refractivity contribution < 1.29 is 47.8 Å². The number of hydrogen-bond donors (Lipinski definition) is 3. The molecule has 18 nitrogen and oxygen atoms in total. The van der Waals surface area contributed by atoms with Gasteiger partial charge in [0, 0.05) is 30.0 Å². The Morgan fingerprint density at radius 3 is 1.75 bits per heavy atom. The number of aromatic hydroxyl groups is 2. The molecule has 5 heterocycles. The fourth-order valence-corrected chi connectivity index (χ4v) is 6.37. The van der Waals surface area contributed by atoms with Crippen molar-refractivity contribution in [1.29, 1.82) is 0 Å². The highest BCUT2D eigenvalue weighted by atomic mass is 16.7. The molecular formula is C38H34N6O12. The Labute approximate surface area is 315 Å². The smallest absolute Gasteiger partial charge is 0.362 e. The summed E-state index contributed by atoms with van der Waals surface area (Å²) in [4.78, 5) is 25.6. The zero-order valence-corrected chi connectivity index (χ0v) is 29.6. The first-order chi connectivity index (χ1) is 27.3. The van der Waals surface area contributed by atoms with Crippen LogP contribution in [0.5, 0.6) is 11.5 Å². The molecule has 3 aromatic carbocycles. The van der Waals surface area contributed by atoms with Crippen molar-refractivity contribution in [1.82, 2.24) is 30.0 Å². The topological polar surface area (TPSA) is 229 Å². The van der Waals surface area contributed by atoms with Crippen molar-refractivity contribution in [2.24, 2.45) is 0 Å². The number of aromatic nitrogens is 6. The van der Waals surface area contributed by atoms with Gasteiger partial charge in [-0.25, -0.2) is 19.0 Å². The molecule has 7 aromatic rings. The summed E-state index contributed by atoms with van der Waals surface area (Å²) in [6, 6.07) is 21.4. The second kappa shape index (κ2) is 15.8. The van der Waals surface area contributed by atoms with Crippen LogP contribution >= 0.6 is 0 Å². The van der Waals surface area contributed by atoms with E-state index >= 15 is 0 Å². The Morgan fingerprint density at radius 2 is 1.21 bits per heavy atom. The molecule has 0 bridgehead atoms. The van der Waals surface area contributed by atoms with Crippen molar-refractivity contribution in [3.05, 3.63) is 129 Å². The van der Waals surface area contributed by atoms with Gasteiger partial charge in [-0.15, -0.1) is 10.2 Å². The molecule has 4 aromatic heterocycles. The Bertz CT molecular complexity index is 2590. The van der Waals surface area contributed by atoms with Gasteiger partial charge in [0.2, 0.25) is 0 Å². The van der Waals surface area contributed by atoms with Gasteiger partial charge in [0.15, 0.2) is 17.7 Å². The number of aliphatic hydroxyl groups excluding tert-OH is 1. The molecule has 0 unspecified atom stereocenters. The minimum atomic E-state index is -1.04. The molecule has 0 amide bonds. The maximum Gasteiger partial charge on any atom is 0.362 e. The van der Waals surface area contributed by atoms with Gasteiger partial charge in [-0.3, -0.25) is 0 Å². The highest BCUT2D eigenvalue weighted by molar-refractivity contribution is 5.80. The fraction of sp³-hybridized carbons (Fsp3) is 0.263. The first-order valence-electron chi connectivity index (χ1n) is 17.3. The van der Waals surface area contributed by atoms with Crippen LogP contribution in [0, 0.1) is 0 Å². The molecule has 18 heteroatoms. The quantitative estimate of drug-likeness (QED) is 0.143. The van der Waals surface area contributed by atoms with Crippen molar-refractivity contribution >= 4 is 21.9 Å². The number of nitrogens with zero attached hydrogens (tertiary/aromatic N) is 6. The van der Waals surface area contributed by atoms with Crippen LogP contribution in [0.1, 0.15) is 17.0 Å². The predicted molar refractivity (Wildman–Crippen MR) is 193 cm³/mol. The van der Waals surface area contributed by atoms with E-state index in [1.54, 1.807) is 24.3 Å². The molecule has 5 atom stereocenters. The van der Waals surface area contributed by atoms with Gasteiger partial charge in [-0.2, -0.15) is 0 Å². The summed E-state index contributed by atoms with van der Waals surface area (Å²) in [5.74, 6) is -0.0848. The minimum absolute atomic E-state index is 0.0420. The maximum absolute atomic E-state index is 12.8. The van der Waals surface area contributed by atoms with Crippen LogP contribution in [0.15, 0.2) is 110 Å². The van der Waals surface area contributed by atoms with Crippen LogP contribution in [0.3, 0.4) is 0 Å². The van der Waals surface area contributed by atoms with E-state index in [4.69, 9.17) is 32.5 Å². The standard InChI is InChI=1S/C38H34N6O12/c1-50-38-35(53-20-25-16-44(42-40-25)29-12-23-8-10-27(47)14-31(23)55-37(29)49)34(33(32(17-45)56-38)51-18-21-5-3-2-4-6-21)52-19-24-15-43(41-39-24)28-11-22-7-9-26(46)13-30(22)54-36(28)48/h2-16,32-35,38,45-47H,17-20H2,1H3/t32-,33+,34+,35-,38+/m1/s1. The summed E-state index contributed by atoms with van der Waals surface area (Å²) in [6.07, 6.45) is -1.69. The van der Waals surface area contributed by atoms with E-state index in [1.807, 2.05) is 30.3 Å². The number of hydrogen-bond acceptors (Lipinski definition) is 16. The lowest BCUT2D eigenvalue weighted by Crippen LogP contribution is -2.61. The SMILES string of the molecule is CO[C@H]1O[C@H](CO)[C@H](OCc2ccccc2)[C@H](OCc2cn(-c3cc4ccc(O)cc4oc3=O)nn2)[C@H]1OCc1cn(-c2cc3ccc(O)cc3oc2=O)nn1. The average Bonchev–Trinajstić information content (AvgIpc) is 3.88. The van der Waals surface area contributed by atoms with Crippen molar-refractivity contribution in [3.8, 4) is 22.9 Å². The van der Waals surface area contributed by atoms with Crippen molar-refractivity contribution in [3.63, 3.8) is 0 Å². The lowest BCUT2D eigenvalue weighted by Gasteiger charge is -2.45. The number of aliphatic hydroxyl groups is 1. The molecule has 1 saturated heterocycles. The summed E-state index contributed by atoms with van der Waals surface area (Å²) in [6.45, 7) is -0.548. The third-order valence-electron chi connectivity index (χ3n) is 9.11. The normalized spacial score (nSPS) is 19.9. The third-order valence-corrected chi connectivity index (χ3v) is 9.11. The van der Waals surface area contributed by atoms with Crippen LogP contribution < -0.4 is 11.3 Å². The second-order valence-electron chi connectivity index (χ2n) is 12.9. The number of methoxy groups -OCH3 is 1. The van der Waals surface area contributed by atoms with Crippen molar-refractivity contribution in [2.75, 3.05) is 13.7 Å². The van der Waals surface area contributed by atoms with E-state index in [-0.39, 0.29) is 53.9 Å². The molecule has 1 aliphatic rings. The first kappa shape index (κ1) is 36.7. The van der Waals surface area contributed by atoms with Crippen molar-refractivity contribution in [2.45, 2.75) is 50.5 Å². The number of benzene rings is 3. The van der Waals surface area contributed by atoms with Gasteiger partial charge in [0.25, 0.3) is 0 Å². The van der Waals surface area contributed by atoms with Gasteiger partial charge in [0.1, 0.15) is 58.5 Å². The lowest BCUT2D eigenvalue weighted by atomic mass is 9.98. The molecule has 1 fully saturated rings.